The van der Waals surface area contributed by atoms with E-state index in [1.165, 1.54) is 6.20 Å². The number of rotatable bonds is 5. The molecule has 134 valence electrons. The van der Waals surface area contributed by atoms with Crippen molar-refractivity contribution in [3.63, 3.8) is 0 Å². The van der Waals surface area contributed by atoms with Gasteiger partial charge >= 0.3 is 0 Å². The molecule has 8 heteroatoms. The molecule has 0 saturated carbocycles. The fourth-order valence-electron chi connectivity index (χ4n) is 2.44. The number of imidazole rings is 1. The monoisotopic (exact) mass is 354 g/mol. The minimum atomic E-state index is -0.389. The summed E-state index contributed by atoms with van der Waals surface area (Å²) in [5.74, 6) is -0.320. The number of H-pyrrole nitrogens is 1. The van der Waals surface area contributed by atoms with Gasteiger partial charge in [0, 0.05) is 29.6 Å². The van der Waals surface area contributed by atoms with Crippen molar-refractivity contribution in [1.82, 2.24) is 25.3 Å². The summed E-state index contributed by atoms with van der Waals surface area (Å²) < 4.78 is 14.1. The zero-order valence-corrected chi connectivity index (χ0v) is 14.5. The van der Waals surface area contributed by atoms with Crippen molar-refractivity contribution < 1.29 is 9.18 Å². The van der Waals surface area contributed by atoms with Gasteiger partial charge < -0.3 is 16.0 Å². The average molecular weight is 354 g/mol. The topological polar surface area (TPSA) is 110 Å². The maximum atomic E-state index is 14.1. The number of carbonyl (C=O) groups excluding carboxylic acids is 1. The fourth-order valence-corrected chi connectivity index (χ4v) is 2.44. The molecule has 0 aliphatic heterocycles. The van der Waals surface area contributed by atoms with E-state index in [-0.39, 0.29) is 29.4 Å². The third-order valence-corrected chi connectivity index (χ3v) is 3.95. The zero-order valence-electron chi connectivity index (χ0n) is 14.5. The molecule has 0 aliphatic rings. The lowest BCUT2D eigenvalue weighted by Gasteiger charge is -2.10. The SMILES string of the molecule is Cc1c(N)ncc(/C=C/C[C@H](C)NC(=O)c2nc3ncccc3[nH]2)c1F. The lowest BCUT2D eigenvalue weighted by Crippen LogP contribution is -2.32. The first kappa shape index (κ1) is 17.5. The Hall–Kier alpha value is -3.29. The van der Waals surface area contributed by atoms with Gasteiger partial charge in [-0.1, -0.05) is 12.2 Å². The van der Waals surface area contributed by atoms with E-state index in [0.717, 1.165) is 0 Å². The molecule has 3 aromatic heterocycles. The number of aromatic nitrogens is 4. The number of fused-ring (bicyclic) bond motifs is 1. The van der Waals surface area contributed by atoms with Crippen LogP contribution in [-0.2, 0) is 0 Å². The Morgan fingerprint density at radius 1 is 1.46 bits per heavy atom. The van der Waals surface area contributed by atoms with Gasteiger partial charge in [0.1, 0.15) is 11.6 Å². The Labute approximate surface area is 149 Å². The minimum absolute atomic E-state index is 0.161. The number of carbonyl (C=O) groups is 1. The summed E-state index contributed by atoms with van der Waals surface area (Å²) in [6.45, 7) is 3.44. The predicted octanol–water partition coefficient (Wildman–Crippen LogP) is 2.60. The number of nitrogens with zero attached hydrogens (tertiary/aromatic N) is 3. The summed E-state index contributed by atoms with van der Waals surface area (Å²) in [5.41, 5.74) is 7.45. The van der Waals surface area contributed by atoms with Crippen molar-refractivity contribution in [3.05, 3.63) is 53.4 Å². The van der Waals surface area contributed by atoms with Crippen LogP contribution in [0.4, 0.5) is 10.2 Å². The molecule has 0 bridgehead atoms. The highest BCUT2D eigenvalue weighted by atomic mass is 19.1. The molecule has 7 nitrogen and oxygen atoms in total. The van der Waals surface area contributed by atoms with Gasteiger partial charge in [0.2, 0.25) is 0 Å². The molecular weight excluding hydrogens is 335 g/mol. The van der Waals surface area contributed by atoms with Gasteiger partial charge in [-0.3, -0.25) is 4.79 Å². The highest BCUT2D eigenvalue weighted by Gasteiger charge is 2.14. The Bertz CT molecular complexity index is 948. The van der Waals surface area contributed by atoms with E-state index < -0.39 is 0 Å². The summed E-state index contributed by atoms with van der Waals surface area (Å²) in [6.07, 6.45) is 6.93. The van der Waals surface area contributed by atoms with Crippen LogP contribution in [0.3, 0.4) is 0 Å². The van der Waals surface area contributed by atoms with Crippen molar-refractivity contribution in [2.45, 2.75) is 26.3 Å². The number of halogens is 1. The molecular formula is C18H19FN6O. The highest BCUT2D eigenvalue weighted by Crippen LogP contribution is 2.17. The lowest BCUT2D eigenvalue weighted by atomic mass is 10.1. The molecule has 0 unspecified atom stereocenters. The number of aromatic amines is 1. The molecule has 1 atom stereocenters. The van der Waals surface area contributed by atoms with E-state index in [2.05, 4.69) is 25.3 Å². The number of anilines is 1. The van der Waals surface area contributed by atoms with Gasteiger partial charge in [0.05, 0.1) is 5.52 Å². The number of amides is 1. The molecule has 0 spiro atoms. The van der Waals surface area contributed by atoms with Gasteiger partial charge in [-0.25, -0.2) is 19.3 Å². The zero-order chi connectivity index (χ0) is 18.7. The second-order valence-electron chi connectivity index (χ2n) is 6.01. The second-order valence-corrected chi connectivity index (χ2v) is 6.01. The Kier molecular flexibility index (Phi) is 4.92. The largest absolute Gasteiger partial charge is 0.383 e. The van der Waals surface area contributed by atoms with Crippen LogP contribution in [0.5, 0.6) is 0 Å². The number of hydrogen-bond acceptors (Lipinski definition) is 5. The van der Waals surface area contributed by atoms with Gasteiger partial charge in [0.15, 0.2) is 11.5 Å². The molecule has 0 radical (unpaired) electrons. The van der Waals surface area contributed by atoms with E-state index in [0.29, 0.717) is 28.7 Å². The molecule has 3 aromatic rings. The molecule has 0 fully saturated rings. The van der Waals surface area contributed by atoms with Crippen molar-refractivity contribution in [3.8, 4) is 0 Å². The van der Waals surface area contributed by atoms with Gasteiger partial charge in [-0.15, -0.1) is 0 Å². The van der Waals surface area contributed by atoms with Crippen LogP contribution < -0.4 is 11.1 Å². The first-order chi connectivity index (χ1) is 12.5. The third kappa shape index (κ3) is 3.69. The van der Waals surface area contributed by atoms with Gasteiger partial charge in [0.25, 0.3) is 5.91 Å². The summed E-state index contributed by atoms with van der Waals surface area (Å²) in [7, 11) is 0. The van der Waals surface area contributed by atoms with E-state index in [1.54, 1.807) is 37.4 Å². The van der Waals surface area contributed by atoms with Crippen LogP contribution in [0.1, 0.15) is 35.1 Å². The van der Waals surface area contributed by atoms with Crippen LogP contribution in [0, 0.1) is 12.7 Å². The van der Waals surface area contributed by atoms with Crippen molar-refractivity contribution in [2.75, 3.05) is 5.73 Å². The summed E-state index contributed by atoms with van der Waals surface area (Å²) in [4.78, 5) is 27.4. The standard InChI is InChI=1S/C18H19FN6O/c1-10(5-3-6-12-9-22-15(20)11(2)14(12)19)23-18(26)17-24-13-7-4-8-21-16(13)25-17/h3-4,6-10H,5H2,1-2H3,(H2,20,22)(H,23,26)(H,21,24,25)/b6-3+/t10-/m0/s1. The maximum Gasteiger partial charge on any atom is 0.287 e. The molecule has 26 heavy (non-hydrogen) atoms. The molecule has 0 aromatic carbocycles. The Balaban J connectivity index is 1.61. The van der Waals surface area contributed by atoms with Crippen LogP contribution in [-0.4, -0.2) is 31.9 Å². The number of nitrogen functional groups attached to an aromatic ring is 1. The normalized spacial score (nSPS) is 12.6. The second kappa shape index (κ2) is 7.30. The van der Waals surface area contributed by atoms with Crippen LogP contribution in [0.25, 0.3) is 17.2 Å². The van der Waals surface area contributed by atoms with Crippen LogP contribution in [0.15, 0.2) is 30.6 Å². The smallest absolute Gasteiger partial charge is 0.287 e. The van der Waals surface area contributed by atoms with Crippen molar-refractivity contribution >= 4 is 29.0 Å². The van der Waals surface area contributed by atoms with Crippen molar-refractivity contribution in [1.29, 1.82) is 0 Å². The van der Waals surface area contributed by atoms with Gasteiger partial charge in [-0.2, -0.15) is 0 Å². The number of nitrogens with two attached hydrogens (primary N) is 1. The molecule has 0 saturated heterocycles. The highest BCUT2D eigenvalue weighted by molar-refractivity contribution is 5.93. The van der Waals surface area contributed by atoms with Crippen molar-refractivity contribution in [2.24, 2.45) is 0 Å². The van der Waals surface area contributed by atoms with E-state index in [9.17, 15) is 9.18 Å². The Morgan fingerprint density at radius 2 is 2.27 bits per heavy atom. The predicted molar refractivity (Wildman–Crippen MR) is 97.8 cm³/mol. The summed E-state index contributed by atoms with van der Waals surface area (Å²) >= 11 is 0. The number of nitrogens with one attached hydrogen (secondary N) is 2. The van der Waals surface area contributed by atoms with E-state index in [4.69, 9.17) is 5.73 Å². The minimum Gasteiger partial charge on any atom is -0.383 e. The molecule has 3 heterocycles. The average Bonchev–Trinajstić information content (AvgIpc) is 3.06. The summed E-state index contributed by atoms with van der Waals surface area (Å²) in [5, 5.41) is 2.84. The molecule has 3 rings (SSSR count). The van der Waals surface area contributed by atoms with E-state index in [1.807, 2.05) is 6.92 Å². The third-order valence-electron chi connectivity index (χ3n) is 3.95. The lowest BCUT2D eigenvalue weighted by molar-refractivity contribution is 0.0931. The van der Waals surface area contributed by atoms with Crippen LogP contribution >= 0.6 is 0 Å². The quantitative estimate of drug-likeness (QED) is 0.652. The maximum absolute atomic E-state index is 14.1. The molecule has 1 amide bonds. The van der Waals surface area contributed by atoms with Gasteiger partial charge in [-0.05, 0) is 32.4 Å². The molecule has 0 aliphatic carbocycles. The molecule has 4 N–H and O–H groups in total. The fraction of sp³-hybridized carbons (Fsp3) is 0.222. The first-order valence-corrected chi connectivity index (χ1v) is 8.14. The Morgan fingerprint density at radius 3 is 3.04 bits per heavy atom. The van der Waals surface area contributed by atoms with Crippen LogP contribution in [0.2, 0.25) is 0 Å². The number of hydrogen-bond donors (Lipinski definition) is 3. The number of pyridine rings is 2. The summed E-state index contributed by atoms with van der Waals surface area (Å²) in [6, 6.07) is 3.41. The van der Waals surface area contributed by atoms with E-state index >= 15 is 0 Å². The first-order valence-electron chi connectivity index (χ1n) is 8.14.